The minimum absolute atomic E-state index is 0.0843. The summed E-state index contributed by atoms with van der Waals surface area (Å²) < 4.78 is 37.4. The van der Waals surface area contributed by atoms with Crippen molar-refractivity contribution in [2.45, 2.75) is 51.7 Å². The average molecular weight is 377 g/mol. The predicted octanol–water partition coefficient (Wildman–Crippen LogP) is 1.55. The monoisotopic (exact) mass is 377 g/mol. The van der Waals surface area contributed by atoms with Gasteiger partial charge in [-0.3, -0.25) is 14.4 Å². The molecule has 2 aliphatic heterocycles. The second kappa shape index (κ2) is 8.26. The molecule has 2 saturated heterocycles. The van der Waals surface area contributed by atoms with Gasteiger partial charge in [0.15, 0.2) is 0 Å². The quantitative estimate of drug-likeness (QED) is 0.808. The Balaban J connectivity index is 1.90. The summed E-state index contributed by atoms with van der Waals surface area (Å²) in [7, 11) is 0. The lowest BCUT2D eigenvalue weighted by atomic mass is 9.94. The molecule has 6 nitrogen and oxygen atoms in total. The summed E-state index contributed by atoms with van der Waals surface area (Å²) in [5.41, 5.74) is 0. The summed E-state index contributed by atoms with van der Waals surface area (Å²) in [6.45, 7) is 4.87. The highest BCUT2D eigenvalue weighted by Crippen LogP contribution is 2.24. The first-order chi connectivity index (χ1) is 12.1. The van der Waals surface area contributed by atoms with Crippen LogP contribution in [-0.4, -0.2) is 65.9 Å². The number of carbonyl (C=O) groups excluding carboxylic acids is 3. The zero-order valence-electron chi connectivity index (χ0n) is 15.1. The Hall–Kier alpha value is -1.80. The maximum Gasteiger partial charge on any atom is 0.471 e. The van der Waals surface area contributed by atoms with Crippen molar-refractivity contribution < 1.29 is 27.6 Å². The van der Waals surface area contributed by atoms with E-state index in [2.05, 4.69) is 5.32 Å². The Morgan fingerprint density at radius 2 is 1.50 bits per heavy atom. The van der Waals surface area contributed by atoms with Gasteiger partial charge in [-0.2, -0.15) is 13.2 Å². The third kappa shape index (κ3) is 4.88. The molecule has 3 amide bonds. The summed E-state index contributed by atoms with van der Waals surface area (Å²) in [6.07, 6.45) is -2.65. The maximum absolute atomic E-state index is 12.6. The van der Waals surface area contributed by atoms with E-state index in [0.29, 0.717) is 13.1 Å². The molecule has 2 rings (SSSR count). The van der Waals surface area contributed by atoms with E-state index in [4.69, 9.17) is 0 Å². The first-order valence-corrected chi connectivity index (χ1v) is 9.06. The Kier molecular flexibility index (Phi) is 6.52. The molecule has 0 saturated carbocycles. The van der Waals surface area contributed by atoms with E-state index in [1.54, 1.807) is 4.90 Å². The fourth-order valence-corrected chi connectivity index (χ4v) is 3.44. The van der Waals surface area contributed by atoms with Crippen molar-refractivity contribution in [3.05, 3.63) is 0 Å². The lowest BCUT2D eigenvalue weighted by Crippen LogP contribution is -2.53. The third-order valence-electron chi connectivity index (χ3n) is 5.04. The van der Waals surface area contributed by atoms with Gasteiger partial charge in [0.05, 0.1) is 0 Å². The predicted molar refractivity (Wildman–Crippen MR) is 87.9 cm³/mol. The first-order valence-electron chi connectivity index (χ1n) is 9.06. The van der Waals surface area contributed by atoms with Crippen LogP contribution in [0, 0.1) is 11.8 Å². The molecule has 1 atom stereocenters. The number of hydrogen-bond donors (Lipinski definition) is 1. The van der Waals surface area contributed by atoms with Gasteiger partial charge >= 0.3 is 12.1 Å². The maximum atomic E-state index is 12.6. The number of nitrogens with zero attached hydrogens (tertiary/aromatic N) is 2. The fourth-order valence-electron chi connectivity index (χ4n) is 3.44. The molecule has 0 radical (unpaired) electrons. The molecule has 0 aromatic carbocycles. The molecule has 2 fully saturated rings. The molecule has 9 heteroatoms. The van der Waals surface area contributed by atoms with Crippen molar-refractivity contribution >= 4 is 17.7 Å². The third-order valence-corrected chi connectivity index (χ3v) is 5.04. The van der Waals surface area contributed by atoms with E-state index in [1.165, 1.54) is 0 Å². The molecule has 2 heterocycles. The highest BCUT2D eigenvalue weighted by molar-refractivity contribution is 5.89. The van der Waals surface area contributed by atoms with Crippen molar-refractivity contribution in [2.75, 3.05) is 26.2 Å². The molecule has 0 bridgehead atoms. The smallest absolute Gasteiger partial charge is 0.344 e. The van der Waals surface area contributed by atoms with Crippen LogP contribution < -0.4 is 5.32 Å². The van der Waals surface area contributed by atoms with Crippen LogP contribution in [0.15, 0.2) is 0 Å². The van der Waals surface area contributed by atoms with Gasteiger partial charge in [-0.15, -0.1) is 0 Å². The normalized spacial score (nSPS) is 20.4. The number of carbonyl (C=O) groups is 3. The van der Waals surface area contributed by atoms with Crippen LogP contribution in [0.3, 0.4) is 0 Å². The molecule has 148 valence electrons. The molecule has 26 heavy (non-hydrogen) atoms. The van der Waals surface area contributed by atoms with E-state index >= 15 is 0 Å². The number of hydrogen-bond acceptors (Lipinski definition) is 3. The highest BCUT2D eigenvalue weighted by Gasteiger charge is 2.44. The van der Waals surface area contributed by atoms with Gasteiger partial charge in [0.1, 0.15) is 6.04 Å². The molecule has 0 unspecified atom stereocenters. The van der Waals surface area contributed by atoms with E-state index in [-0.39, 0.29) is 43.7 Å². The lowest BCUT2D eigenvalue weighted by Gasteiger charge is -2.33. The van der Waals surface area contributed by atoms with Gasteiger partial charge < -0.3 is 15.1 Å². The van der Waals surface area contributed by atoms with E-state index < -0.39 is 24.0 Å². The summed E-state index contributed by atoms with van der Waals surface area (Å²) in [4.78, 5) is 38.8. The van der Waals surface area contributed by atoms with E-state index in [1.807, 2.05) is 13.8 Å². The van der Waals surface area contributed by atoms with Crippen molar-refractivity contribution in [3.63, 3.8) is 0 Å². The SMILES string of the molecule is CC(C)[C@@H](NC(=O)C1CCN(C(=O)C(F)(F)F)CC1)C(=O)N1CCCC1. The summed E-state index contributed by atoms with van der Waals surface area (Å²) in [5, 5.41) is 2.78. The van der Waals surface area contributed by atoms with Crippen LogP contribution in [0.2, 0.25) is 0 Å². The number of nitrogens with one attached hydrogen (secondary N) is 1. The Bertz CT molecular complexity index is 537. The Labute approximate surface area is 151 Å². The van der Waals surface area contributed by atoms with Crippen LogP contribution in [0.1, 0.15) is 39.5 Å². The number of amides is 3. The van der Waals surface area contributed by atoms with Crippen molar-refractivity contribution in [2.24, 2.45) is 11.8 Å². The van der Waals surface area contributed by atoms with Gasteiger partial charge in [0, 0.05) is 32.1 Å². The standard InChI is InChI=1S/C17H26F3N3O3/c1-11(2)13(15(25)22-7-3-4-8-22)21-14(24)12-5-9-23(10-6-12)16(26)17(18,19)20/h11-13H,3-10H2,1-2H3,(H,21,24)/t13-/m1/s1. The van der Waals surface area contributed by atoms with Crippen molar-refractivity contribution in [1.82, 2.24) is 15.1 Å². The van der Waals surface area contributed by atoms with Gasteiger partial charge in [-0.05, 0) is 31.6 Å². The highest BCUT2D eigenvalue weighted by atomic mass is 19.4. The molecule has 1 N–H and O–H groups in total. The molecule has 2 aliphatic rings. The van der Waals surface area contributed by atoms with Crippen LogP contribution in [0.25, 0.3) is 0 Å². The number of likely N-dealkylation sites (tertiary alicyclic amines) is 2. The number of alkyl halides is 3. The van der Waals surface area contributed by atoms with Crippen LogP contribution >= 0.6 is 0 Å². The second-order valence-corrected chi connectivity index (χ2v) is 7.33. The summed E-state index contributed by atoms with van der Waals surface area (Å²) in [6, 6.07) is -0.629. The first kappa shape index (κ1) is 20.5. The minimum Gasteiger partial charge on any atom is -0.344 e. The van der Waals surface area contributed by atoms with Gasteiger partial charge in [0.2, 0.25) is 11.8 Å². The number of halogens is 3. The minimum atomic E-state index is -4.89. The molecule has 0 aromatic heterocycles. The van der Waals surface area contributed by atoms with Crippen molar-refractivity contribution in [1.29, 1.82) is 0 Å². The average Bonchev–Trinajstić information content (AvgIpc) is 3.12. The number of rotatable bonds is 4. The van der Waals surface area contributed by atoms with E-state index in [0.717, 1.165) is 17.7 Å². The molecule has 0 aliphatic carbocycles. The topological polar surface area (TPSA) is 69.7 Å². The van der Waals surface area contributed by atoms with Gasteiger partial charge in [-0.25, -0.2) is 0 Å². The second-order valence-electron chi connectivity index (χ2n) is 7.33. The zero-order valence-corrected chi connectivity index (χ0v) is 15.1. The van der Waals surface area contributed by atoms with Crippen LogP contribution in [-0.2, 0) is 14.4 Å². The Morgan fingerprint density at radius 1 is 0.962 bits per heavy atom. The summed E-state index contributed by atoms with van der Waals surface area (Å²) >= 11 is 0. The zero-order chi connectivity index (χ0) is 19.5. The summed E-state index contributed by atoms with van der Waals surface area (Å²) in [5.74, 6) is -2.86. The van der Waals surface area contributed by atoms with Crippen LogP contribution in [0.5, 0.6) is 0 Å². The van der Waals surface area contributed by atoms with Gasteiger partial charge in [0.25, 0.3) is 0 Å². The van der Waals surface area contributed by atoms with Crippen molar-refractivity contribution in [3.8, 4) is 0 Å². The van der Waals surface area contributed by atoms with Crippen LogP contribution in [0.4, 0.5) is 13.2 Å². The number of piperidine rings is 1. The lowest BCUT2D eigenvalue weighted by molar-refractivity contribution is -0.186. The molecular formula is C17H26F3N3O3. The molecular weight excluding hydrogens is 351 g/mol. The largest absolute Gasteiger partial charge is 0.471 e. The molecule has 0 spiro atoms. The molecule has 0 aromatic rings. The Morgan fingerprint density at radius 3 is 1.96 bits per heavy atom. The fraction of sp³-hybridized carbons (Fsp3) is 0.824. The van der Waals surface area contributed by atoms with E-state index in [9.17, 15) is 27.6 Å². The van der Waals surface area contributed by atoms with Gasteiger partial charge in [-0.1, -0.05) is 13.8 Å².